The van der Waals surface area contributed by atoms with E-state index in [0.29, 0.717) is 12.3 Å². The minimum atomic E-state index is -0.458. The topological polar surface area (TPSA) is 54.9 Å². The fourth-order valence-electron chi connectivity index (χ4n) is 1.84. The van der Waals surface area contributed by atoms with Crippen molar-refractivity contribution < 1.29 is 31.6 Å². The van der Waals surface area contributed by atoms with E-state index in [1.807, 2.05) is 29.6 Å². The van der Waals surface area contributed by atoms with E-state index in [2.05, 4.69) is 5.32 Å². The van der Waals surface area contributed by atoms with E-state index in [-0.39, 0.29) is 18.2 Å². The number of anilines is 1. The van der Waals surface area contributed by atoms with Gasteiger partial charge in [0.25, 0.3) is 0 Å². The number of halogens is 2. The molecule has 0 fully saturated rings. The lowest BCUT2D eigenvalue weighted by Gasteiger charge is -2.06. The monoisotopic (exact) mass is 324 g/mol. The number of ether oxygens (including phenoxy) is 1. The van der Waals surface area contributed by atoms with Crippen molar-refractivity contribution in [2.45, 2.75) is 13.5 Å². The number of hydrogen-bond donors (Lipinski definition) is 2. The summed E-state index contributed by atoms with van der Waals surface area (Å²) in [6, 6.07) is 13.9. The molecule has 2 aromatic carbocycles. The predicted octanol–water partition coefficient (Wildman–Crippen LogP) is -0.207. The maximum atomic E-state index is 12.8. The Balaban J connectivity index is 0.00000242. The fraction of sp³-hybridized carbons (Fsp3) is 0.188. The Hall–Kier alpha value is -2.11. The van der Waals surface area contributed by atoms with Gasteiger partial charge in [0.05, 0.1) is 6.61 Å². The number of carbonyl (C=O) groups excluding carboxylic acids is 1. The maximum absolute atomic E-state index is 12.8. The number of nitrogens with two attached hydrogens (primary N) is 1. The van der Waals surface area contributed by atoms with Crippen LogP contribution in [0.5, 0.6) is 0 Å². The van der Waals surface area contributed by atoms with Crippen LogP contribution < -0.4 is 23.0 Å². The van der Waals surface area contributed by atoms with E-state index < -0.39 is 6.09 Å². The normalized spacial score (nSPS) is 9.73. The standard InChI is InChI=1S/C16H17FN2O2.ClH/c1-2-21-16(20)19-15-9-7-14(8-10-15)18-11-12-3-5-13(17)6-4-12;/h3-10,18H,2,11H2,1H3,(H,19,20);1H. The highest BCUT2D eigenvalue weighted by Gasteiger charge is 2.03. The molecule has 0 unspecified atom stereocenters. The number of hydrogen-bond acceptors (Lipinski definition) is 2. The first-order valence-electron chi connectivity index (χ1n) is 6.79. The lowest BCUT2D eigenvalue weighted by molar-refractivity contribution is -0.588. The van der Waals surface area contributed by atoms with Gasteiger partial charge in [0, 0.05) is 23.4 Å². The van der Waals surface area contributed by atoms with Crippen LogP contribution in [0.3, 0.4) is 0 Å². The van der Waals surface area contributed by atoms with Crippen LogP contribution in [0, 0.1) is 5.82 Å². The Morgan fingerprint density at radius 1 is 1.14 bits per heavy atom. The van der Waals surface area contributed by atoms with Gasteiger partial charge in [-0.25, -0.2) is 9.18 Å². The number of nitrogens with one attached hydrogen (secondary N) is 1. The molecule has 0 radical (unpaired) electrons. The van der Waals surface area contributed by atoms with Crippen molar-refractivity contribution >= 4 is 17.5 Å². The van der Waals surface area contributed by atoms with Crippen LogP contribution in [0.2, 0.25) is 0 Å². The molecule has 0 saturated carbocycles. The summed E-state index contributed by atoms with van der Waals surface area (Å²) < 4.78 is 17.6. The van der Waals surface area contributed by atoms with Crippen LogP contribution in [0.1, 0.15) is 12.5 Å². The average molecular weight is 325 g/mol. The zero-order valence-electron chi connectivity index (χ0n) is 12.2. The zero-order valence-corrected chi connectivity index (χ0v) is 12.9. The molecule has 0 spiro atoms. The second-order valence-corrected chi connectivity index (χ2v) is 4.50. The minimum Gasteiger partial charge on any atom is -1.00 e. The first-order chi connectivity index (χ1) is 10.2. The van der Waals surface area contributed by atoms with E-state index in [9.17, 15) is 9.18 Å². The Labute approximate surface area is 135 Å². The average Bonchev–Trinajstić information content (AvgIpc) is 2.48. The first kappa shape index (κ1) is 17.9. The molecule has 6 heteroatoms. The highest BCUT2D eigenvalue weighted by atomic mass is 35.5. The van der Waals surface area contributed by atoms with Crippen molar-refractivity contribution in [3.63, 3.8) is 0 Å². The van der Waals surface area contributed by atoms with Crippen LogP contribution >= 0.6 is 0 Å². The third kappa shape index (κ3) is 5.71. The third-order valence-corrected chi connectivity index (χ3v) is 2.92. The third-order valence-electron chi connectivity index (χ3n) is 2.92. The minimum absolute atomic E-state index is 0. The second kappa shape index (κ2) is 9.02. The SMILES string of the molecule is CCOC(=O)Nc1ccc([NH2+]Cc2ccc(F)cc2)cc1.[Cl-]. The quantitative estimate of drug-likeness (QED) is 0.748. The van der Waals surface area contributed by atoms with Crippen LogP contribution in [0.4, 0.5) is 20.6 Å². The van der Waals surface area contributed by atoms with Gasteiger partial charge < -0.3 is 22.5 Å². The molecule has 2 rings (SSSR count). The largest absolute Gasteiger partial charge is 1.00 e. The van der Waals surface area contributed by atoms with Crippen LogP contribution in [0.15, 0.2) is 48.5 Å². The van der Waals surface area contributed by atoms with Crippen molar-refractivity contribution in [2.24, 2.45) is 0 Å². The molecule has 0 aliphatic carbocycles. The molecule has 4 nitrogen and oxygen atoms in total. The van der Waals surface area contributed by atoms with Crippen molar-refractivity contribution in [2.75, 3.05) is 11.9 Å². The lowest BCUT2D eigenvalue weighted by Crippen LogP contribution is -3.00. The Bertz CT molecular complexity index is 588. The molecule has 0 saturated heterocycles. The smallest absolute Gasteiger partial charge is 0.411 e. The van der Waals surface area contributed by atoms with Crippen molar-refractivity contribution in [1.29, 1.82) is 0 Å². The molecule has 118 valence electrons. The number of benzene rings is 2. The Kier molecular flexibility index (Phi) is 7.36. The number of quaternary nitrogens is 1. The first-order valence-corrected chi connectivity index (χ1v) is 6.79. The number of rotatable bonds is 5. The molecule has 0 aliphatic rings. The molecule has 2 aromatic rings. The molecule has 0 aromatic heterocycles. The molecule has 3 N–H and O–H groups in total. The summed E-state index contributed by atoms with van der Waals surface area (Å²) in [6.45, 7) is 2.83. The van der Waals surface area contributed by atoms with Gasteiger partial charge in [-0.05, 0) is 31.2 Å². The summed E-state index contributed by atoms with van der Waals surface area (Å²) in [5, 5.41) is 4.68. The van der Waals surface area contributed by atoms with Crippen molar-refractivity contribution in [1.82, 2.24) is 0 Å². The summed E-state index contributed by atoms with van der Waals surface area (Å²) in [4.78, 5) is 11.3. The van der Waals surface area contributed by atoms with E-state index in [0.717, 1.165) is 17.8 Å². The lowest BCUT2D eigenvalue weighted by atomic mass is 10.2. The van der Waals surface area contributed by atoms with Gasteiger partial charge in [-0.15, -0.1) is 0 Å². The molecule has 1 amide bonds. The number of amides is 1. The van der Waals surface area contributed by atoms with Gasteiger partial charge in [0.2, 0.25) is 0 Å². The van der Waals surface area contributed by atoms with Gasteiger partial charge in [0.15, 0.2) is 0 Å². The maximum Gasteiger partial charge on any atom is 0.411 e. The summed E-state index contributed by atoms with van der Waals surface area (Å²) in [6.07, 6.45) is -0.458. The van der Waals surface area contributed by atoms with Crippen molar-refractivity contribution in [3.05, 3.63) is 59.9 Å². The zero-order chi connectivity index (χ0) is 15.1. The van der Waals surface area contributed by atoms with E-state index >= 15 is 0 Å². The molecule has 0 aliphatic heterocycles. The number of carbonyl (C=O) groups is 1. The van der Waals surface area contributed by atoms with Gasteiger partial charge in [-0.1, -0.05) is 12.1 Å². The molecular weight excluding hydrogens is 307 g/mol. The molecule has 0 atom stereocenters. The van der Waals surface area contributed by atoms with E-state index in [1.54, 1.807) is 19.1 Å². The highest BCUT2D eigenvalue weighted by Crippen LogP contribution is 2.10. The molecule has 22 heavy (non-hydrogen) atoms. The summed E-state index contributed by atoms with van der Waals surface area (Å²) in [5.41, 5.74) is 2.77. The molecule has 0 bridgehead atoms. The van der Waals surface area contributed by atoms with Crippen LogP contribution in [-0.2, 0) is 11.3 Å². The predicted molar refractivity (Wildman–Crippen MR) is 78.8 cm³/mol. The van der Waals surface area contributed by atoms with Gasteiger partial charge in [-0.3, -0.25) is 5.32 Å². The van der Waals surface area contributed by atoms with Gasteiger partial charge in [0.1, 0.15) is 18.0 Å². The molecule has 0 heterocycles. The molecular formula is C16H18ClFN2O2. The van der Waals surface area contributed by atoms with Crippen LogP contribution in [0.25, 0.3) is 0 Å². The van der Waals surface area contributed by atoms with E-state index in [4.69, 9.17) is 4.74 Å². The summed E-state index contributed by atoms with van der Waals surface area (Å²) in [7, 11) is 0. The van der Waals surface area contributed by atoms with Gasteiger partial charge in [-0.2, -0.15) is 0 Å². The Morgan fingerprint density at radius 2 is 1.77 bits per heavy atom. The van der Waals surface area contributed by atoms with Gasteiger partial charge >= 0.3 is 6.09 Å². The summed E-state index contributed by atoms with van der Waals surface area (Å²) in [5.74, 6) is -0.229. The highest BCUT2D eigenvalue weighted by molar-refractivity contribution is 5.84. The van der Waals surface area contributed by atoms with Crippen LogP contribution in [-0.4, -0.2) is 12.7 Å². The fourth-order valence-corrected chi connectivity index (χ4v) is 1.84. The Morgan fingerprint density at radius 3 is 2.36 bits per heavy atom. The van der Waals surface area contributed by atoms with Crippen molar-refractivity contribution in [3.8, 4) is 0 Å². The second-order valence-electron chi connectivity index (χ2n) is 4.50. The van der Waals surface area contributed by atoms with E-state index in [1.165, 1.54) is 12.1 Å². The summed E-state index contributed by atoms with van der Waals surface area (Å²) >= 11 is 0.